The molecule has 1 aromatic rings. The van der Waals surface area contributed by atoms with Crippen LogP contribution in [0.5, 0.6) is 0 Å². The normalized spacial score (nSPS) is 11.4. The van der Waals surface area contributed by atoms with Crippen molar-refractivity contribution in [3.8, 4) is 0 Å². The van der Waals surface area contributed by atoms with Gasteiger partial charge in [-0.2, -0.15) is 0 Å². The van der Waals surface area contributed by atoms with E-state index in [1.54, 1.807) is 6.07 Å². The maximum absolute atomic E-state index is 11.6. The van der Waals surface area contributed by atoms with E-state index in [0.29, 0.717) is 29.6 Å². The number of hydrogen-bond donors (Lipinski definition) is 2. The van der Waals surface area contributed by atoms with Gasteiger partial charge in [0.2, 0.25) is 5.91 Å². The van der Waals surface area contributed by atoms with E-state index >= 15 is 0 Å². The highest BCUT2D eigenvalue weighted by Crippen LogP contribution is 2.25. The molecule has 0 aliphatic rings. The Balaban J connectivity index is 2.32. The Morgan fingerprint density at radius 2 is 1.95 bits per heavy atom. The van der Waals surface area contributed by atoms with Crippen LogP contribution in [0.2, 0.25) is 10.0 Å². The van der Waals surface area contributed by atoms with Crippen LogP contribution in [0.1, 0.15) is 32.8 Å². The van der Waals surface area contributed by atoms with E-state index in [1.807, 2.05) is 32.9 Å². The highest BCUT2D eigenvalue weighted by Gasteiger charge is 2.13. The Kier molecular flexibility index (Phi) is 6.11. The summed E-state index contributed by atoms with van der Waals surface area (Å²) in [4.78, 5) is 11.6. The minimum absolute atomic E-state index is 0.0391. The molecule has 3 nitrogen and oxygen atoms in total. The Labute approximate surface area is 124 Å². The van der Waals surface area contributed by atoms with E-state index in [9.17, 15) is 4.79 Å². The monoisotopic (exact) mass is 302 g/mol. The Morgan fingerprint density at radius 1 is 1.26 bits per heavy atom. The third kappa shape index (κ3) is 6.28. The molecule has 0 aromatic heterocycles. The largest absolute Gasteiger partial charge is 0.351 e. The zero-order valence-corrected chi connectivity index (χ0v) is 13.0. The first-order valence-corrected chi connectivity index (χ1v) is 7.00. The molecule has 106 valence electrons. The summed E-state index contributed by atoms with van der Waals surface area (Å²) >= 11 is 12.0. The summed E-state index contributed by atoms with van der Waals surface area (Å²) < 4.78 is 0. The molecule has 0 aliphatic heterocycles. The predicted molar refractivity (Wildman–Crippen MR) is 80.7 cm³/mol. The fourth-order valence-electron chi connectivity index (χ4n) is 1.59. The molecule has 1 aromatic carbocycles. The van der Waals surface area contributed by atoms with E-state index in [1.165, 1.54) is 0 Å². The summed E-state index contributed by atoms with van der Waals surface area (Å²) in [5, 5.41) is 7.21. The van der Waals surface area contributed by atoms with Gasteiger partial charge in [0.25, 0.3) is 0 Å². The highest BCUT2D eigenvalue weighted by atomic mass is 35.5. The van der Waals surface area contributed by atoms with Crippen LogP contribution in [-0.4, -0.2) is 18.0 Å². The molecule has 0 fully saturated rings. The highest BCUT2D eigenvalue weighted by molar-refractivity contribution is 6.42. The maximum atomic E-state index is 11.6. The van der Waals surface area contributed by atoms with Gasteiger partial charge in [0, 0.05) is 25.0 Å². The van der Waals surface area contributed by atoms with Crippen molar-refractivity contribution >= 4 is 29.1 Å². The molecule has 1 rings (SSSR count). The van der Waals surface area contributed by atoms with Gasteiger partial charge in [-0.15, -0.1) is 0 Å². The number of nitrogens with one attached hydrogen (secondary N) is 2. The lowest BCUT2D eigenvalue weighted by Gasteiger charge is -2.20. The number of benzene rings is 1. The van der Waals surface area contributed by atoms with Crippen LogP contribution in [0.4, 0.5) is 0 Å². The van der Waals surface area contributed by atoms with Crippen molar-refractivity contribution < 1.29 is 4.79 Å². The molecule has 0 saturated carbocycles. The van der Waals surface area contributed by atoms with Gasteiger partial charge in [-0.25, -0.2) is 0 Å². The number of carbonyl (C=O) groups excluding carboxylic acids is 1. The summed E-state index contributed by atoms with van der Waals surface area (Å²) in [6, 6.07) is 5.53. The zero-order chi connectivity index (χ0) is 14.5. The zero-order valence-electron chi connectivity index (χ0n) is 11.5. The first kappa shape index (κ1) is 16.3. The van der Waals surface area contributed by atoms with Gasteiger partial charge in [-0.05, 0) is 32.4 Å². The van der Waals surface area contributed by atoms with E-state index in [0.717, 1.165) is 5.56 Å². The molecular weight excluding hydrogens is 283 g/mol. The first-order valence-electron chi connectivity index (χ1n) is 6.24. The molecule has 0 atom stereocenters. The number of carbonyl (C=O) groups is 1. The minimum atomic E-state index is -0.187. The molecule has 0 bridgehead atoms. The quantitative estimate of drug-likeness (QED) is 0.819. The van der Waals surface area contributed by atoms with Crippen molar-refractivity contribution in [3.05, 3.63) is 33.8 Å². The second kappa shape index (κ2) is 7.13. The average molecular weight is 303 g/mol. The second-order valence-electron chi connectivity index (χ2n) is 5.44. The molecular formula is C14H20Cl2N2O. The van der Waals surface area contributed by atoms with Crippen molar-refractivity contribution in [2.45, 2.75) is 39.3 Å². The fourth-order valence-corrected chi connectivity index (χ4v) is 1.98. The summed E-state index contributed by atoms with van der Waals surface area (Å²) in [5.41, 5.74) is 0.748. The predicted octanol–water partition coefficient (Wildman–Crippen LogP) is 3.39. The molecule has 2 N–H and O–H groups in total. The van der Waals surface area contributed by atoms with Gasteiger partial charge in [0.05, 0.1) is 10.0 Å². The average Bonchev–Trinajstić information content (AvgIpc) is 2.27. The van der Waals surface area contributed by atoms with E-state index in [2.05, 4.69) is 10.6 Å². The van der Waals surface area contributed by atoms with Crippen molar-refractivity contribution in [3.63, 3.8) is 0 Å². The van der Waals surface area contributed by atoms with Crippen LogP contribution < -0.4 is 10.6 Å². The summed E-state index contributed by atoms with van der Waals surface area (Å²) in [6.07, 6.45) is 0.440. The van der Waals surface area contributed by atoms with E-state index in [-0.39, 0.29) is 11.4 Å². The summed E-state index contributed by atoms with van der Waals surface area (Å²) in [6.45, 7) is 7.09. The molecule has 1 amide bonds. The lowest BCUT2D eigenvalue weighted by atomic mass is 10.1. The van der Waals surface area contributed by atoms with Crippen LogP contribution in [0.3, 0.4) is 0 Å². The third-order valence-electron chi connectivity index (χ3n) is 2.39. The number of amides is 1. The van der Waals surface area contributed by atoms with Crippen LogP contribution in [-0.2, 0) is 11.3 Å². The molecule has 5 heteroatoms. The molecule has 0 aliphatic carbocycles. The van der Waals surface area contributed by atoms with Gasteiger partial charge in [-0.3, -0.25) is 4.79 Å². The molecule has 0 spiro atoms. The lowest BCUT2D eigenvalue weighted by molar-refractivity contribution is -0.122. The van der Waals surface area contributed by atoms with Crippen LogP contribution >= 0.6 is 23.2 Å². The molecule has 0 heterocycles. The number of hydrogen-bond acceptors (Lipinski definition) is 2. The smallest absolute Gasteiger partial charge is 0.221 e. The Bertz CT molecular complexity index is 442. The van der Waals surface area contributed by atoms with Crippen LogP contribution in [0.25, 0.3) is 0 Å². The van der Waals surface area contributed by atoms with Crippen molar-refractivity contribution in [2.75, 3.05) is 6.54 Å². The second-order valence-corrected chi connectivity index (χ2v) is 6.22. The Hall–Kier alpha value is -0.770. The topological polar surface area (TPSA) is 41.1 Å². The van der Waals surface area contributed by atoms with Gasteiger partial charge >= 0.3 is 0 Å². The van der Waals surface area contributed by atoms with Crippen molar-refractivity contribution in [2.24, 2.45) is 0 Å². The molecule has 0 saturated heterocycles. The first-order chi connectivity index (χ1) is 8.79. The molecule has 0 radical (unpaired) electrons. The summed E-state index contributed by atoms with van der Waals surface area (Å²) in [5.74, 6) is 0.0391. The molecule has 19 heavy (non-hydrogen) atoms. The minimum Gasteiger partial charge on any atom is -0.351 e. The van der Waals surface area contributed by atoms with Gasteiger partial charge in [-0.1, -0.05) is 35.3 Å². The van der Waals surface area contributed by atoms with Crippen molar-refractivity contribution in [1.82, 2.24) is 10.6 Å². The van der Waals surface area contributed by atoms with Crippen LogP contribution in [0.15, 0.2) is 18.2 Å². The SMILES string of the molecule is CC(C)(C)NC(=O)CCNCc1cccc(Cl)c1Cl. The Morgan fingerprint density at radius 3 is 2.58 bits per heavy atom. The van der Waals surface area contributed by atoms with E-state index < -0.39 is 0 Å². The van der Waals surface area contributed by atoms with E-state index in [4.69, 9.17) is 23.2 Å². The number of halogens is 2. The lowest BCUT2D eigenvalue weighted by Crippen LogP contribution is -2.41. The third-order valence-corrected chi connectivity index (χ3v) is 3.25. The maximum Gasteiger partial charge on any atom is 0.221 e. The van der Waals surface area contributed by atoms with Gasteiger partial charge < -0.3 is 10.6 Å². The van der Waals surface area contributed by atoms with Gasteiger partial charge in [0.1, 0.15) is 0 Å². The van der Waals surface area contributed by atoms with Crippen LogP contribution in [0, 0.1) is 0 Å². The molecule has 0 unspecified atom stereocenters. The number of rotatable bonds is 5. The standard InChI is InChI=1S/C14H20Cl2N2O/c1-14(2,3)18-12(19)7-8-17-9-10-5-4-6-11(15)13(10)16/h4-6,17H,7-9H2,1-3H3,(H,18,19). The summed E-state index contributed by atoms with van der Waals surface area (Å²) in [7, 11) is 0. The van der Waals surface area contributed by atoms with Gasteiger partial charge in [0.15, 0.2) is 0 Å². The fraction of sp³-hybridized carbons (Fsp3) is 0.500. The van der Waals surface area contributed by atoms with Crippen molar-refractivity contribution in [1.29, 1.82) is 0 Å².